The number of carbonyl (C=O) groups is 1. The van der Waals surface area contributed by atoms with E-state index in [1.807, 2.05) is 25.1 Å². The van der Waals surface area contributed by atoms with E-state index in [1.54, 1.807) is 24.3 Å². The highest BCUT2D eigenvalue weighted by Crippen LogP contribution is 2.34. The van der Waals surface area contributed by atoms with E-state index in [4.69, 9.17) is 4.74 Å². The summed E-state index contributed by atoms with van der Waals surface area (Å²) >= 11 is 0. The van der Waals surface area contributed by atoms with E-state index >= 15 is 0 Å². The Balaban J connectivity index is 1.65. The van der Waals surface area contributed by atoms with Crippen LogP contribution in [0, 0.1) is 0 Å². The van der Waals surface area contributed by atoms with Gasteiger partial charge in [0.05, 0.1) is 18.5 Å². The van der Waals surface area contributed by atoms with Gasteiger partial charge in [-0.25, -0.2) is 8.42 Å². The van der Waals surface area contributed by atoms with Gasteiger partial charge in [0, 0.05) is 6.04 Å². The number of sulfonamides is 1. The quantitative estimate of drug-likeness (QED) is 0.824. The molecule has 0 bridgehead atoms. The summed E-state index contributed by atoms with van der Waals surface area (Å²) in [4.78, 5) is 12.6. The smallest absolute Gasteiger partial charge is 0.263 e. The van der Waals surface area contributed by atoms with Crippen LogP contribution in [0.2, 0.25) is 0 Å². The maximum atomic E-state index is 12.6. The second-order valence-corrected chi connectivity index (χ2v) is 8.71. The Labute approximate surface area is 160 Å². The van der Waals surface area contributed by atoms with E-state index in [9.17, 15) is 13.2 Å². The Hall–Kier alpha value is -2.54. The lowest BCUT2D eigenvalue weighted by molar-refractivity contribution is -0.128. The average Bonchev–Trinajstić information content (AvgIpc) is 2.65. The van der Waals surface area contributed by atoms with Crippen molar-refractivity contribution in [3.63, 3.8) is 0 Å². The molecule has 7 heteroatoms. The lowest BCUT2D eigenvalue weighted by Gasteiger charge is -2.34. The number of carbonyl (C=O) groups excluding carboxylic acids is 1. The third-order valence-electron chi connectivity index (χ3n) is 4.53. The van der Waals surface area contributed by atoms with E-state index < -0.39 is 16.1 Å². The highest BCUT2D eigenvalue weighted by molar-refractivity contribution is 7.92. The average molecular weight is 388 g/mol. The maximum absolute atomic E-state index is 12.6. The van der Waals surface area contributed by atoms with Crippen LogP contribution in [0.3, 0.4) is 0 Å². The number of para-hydroxylation sites is 2. The predicted molar refractivity (Wildman–Crippen MR) is 105 cm³/mol. The van der Waals surface area contributed by atoms with Crippen molar-refractivity contribution >= 4 is 21.6 Å². The van der Waals surface area contributed by atoms with Gasteiger partial charge in [0.2, 0.25) is 10.0 Å². The zero-order valence-electron chi connectivity index (χ0n) is 15.5. The van der Waals surface area contributed by atoms with Gasteiger partial charge >= 0.3 is 0 Å². The molecule has 1 heterocycles. The third kappa shape index (κ3) is 4.80. The Morgan fingerprint density at radius 1 is 1.19 bits per heavy atom. The molecule has 0 unspecified atom stereocenters. The number of hydrogen-bond donors (Lipinski definition) is 1. The Morgan fingerprint density at radius 2 is 1.85 bits per heavy atom. The van der Waals surface area contributed by atoms with Gasteiger partial charge in [-0.1, -0.05) is 42.5 Å². The molecule has 0 fully saturated rings. The predicted octanol–water partition coefficient (Wildman–Crippen LogP) is 2.35. The summed E-state index contributed by atoms with van der Waals surface area (Å²) in [5.74, 6) is 0.0879. The molecular formula is C20H24N2O4S. The number of hydrogen-bond acceptors (Lipinski definition) is 4. The molecule has 144 valence electrons. The summed E-state index contributed by atoms with van der Waals surface area (Å²) in [6, 6.07) is 16.9. The largest absolute Gasteiger partial charge is 0.476 e. The van der Waals surface area contributed by atoms with Crippen LogP contribution in [0.15, 0.2) is 54.6 Å². The summed E-state index contributed by atoms with van der Waals surface area (Å²) < 4.78 is 31.3. The van der Waals surface area contributed by atoms with Gasteiger partial charge in [0.25, 0.3) is 5.91 Å². The zero-order valence-corrected chi connectivity index (χ0v) is 16.3. The van der Waals surface area contributed by atoms with Crippen molar-refractivity contribution in [1.29, 1.82) is 0 Å². The van der Waals surface area contributed by atoms with Crippen molar-refractivity contribution in [3.05, 3.63) is 60.2 Å². The van der Waals surface area contributed by atoms with Crippen molar-refractivity contribution in [2.75, 3.05) is 17.1 Å². The van der Waals surface area contributed by atoms with Crippen LogP contribution in [0.4, 0.5) is 5.69 Å². The summed E-state index contributed by atoms with van der Waals surface area (Å²) in [6.45, 7) is 1.90. The van der Waals surface area contributed by atoms with Crippen molar-refractivity contribution in [2.45, 2.75) is 31.9 Å². The van der Waals surface area contributed by atoms with Crippen molar-refractivity contribution in [1.82, 2.24) is 5.32 Å². The van der Waals surface area contributed by atoms with E-state index in [0.717, 1.165) is 19.1 Å². The maximum Gasteiger partial charge on any atom is 0.263 e. The molecule has 0 spiro atoms. The molecule has 0 aromatic heterocycles. The van der Waals surface area contributed by atoms with Crippen LogP contribution < -0.4 is 14.4 Å². The Bertz CT molecular complexity index is 899. The van der Waals surface area contributed by atoms with Gasteiger partial charge in [-0.2, -0.15) is 0 Å². The molecule has 3 rings (SSSR count). The molecule has 2 aromatic carbocycles. The normalized spacial score (nSPS) is 17.6. The Kier molecular flexibility index (Phi) is 5.70. The first-order chi connectivity index (χ1) is 12.8. The second-order valence-electron chi connectivity index (χ2n) is 6.80. The molecule has 2 aromatic rings. The van der Waals surface area contributed by atoms with Gasteiger partial charge in [0.1, 0.15) is 5.75 Å². The number of amides is 1. The van der Waals surface area contributed by atoms with Crippen LogP contribution in [0.1, 0.15) is 18.9 Å². The molecule has 1 amide bonds. The Morgan fingerprint density at radius 3 is 2.56 bits per heavy atom. The molecule has 1 N–H and O–H groups in total. The van der Waals surface area contributed by atoms with Crippen LogP contribution in [-0.4, -0.2) is 39.3 Å². The van der Waals surface area contributed by atoms with Crippen LogP contribution in [0.5, 0.6) is 5.75 Å². The monoisotopic (exact) mass is 388 g/mol. The number of benzene rings is 2. The fourth-order valence-electron chi connectivity index (χ4n) is 3.09. The van der Waals surface area contributed by atoms with Gasteiger partial charge in [-0.05, 0) is 37.5 Å². The number of nitrogens with one attached hydrogen (secondary N) is 1. The van der Waals surface area contributed by atoms with E-state index in [1.165, 1.54) is 9.87 Å². The van der Waals surface area contributed by atoms with Crippen LogP contribution >= 0.6 is 0 Å². The SMILES string of the molecule is C[C@@H](CCc1ccccc1)NC(=O)[C@H]1CN(S(C)(=O)=O)c2ccccc2O1. The molecule has 1 aliphatic rings. The number of nitrogens with zero attached hydrogens (tertiary/aromatic N) is 1. The first-order valence-electron chi connectivity index (χ1n) is 8.92. The zero-order chi connectivity index (χ0) is 19.4. The van der Waals surface area contributed by atoms with Crippen molar-refractivity contribution in [2.24, 2.45) is 0 Å². The topological polar surface area (TPSA) is 75.7 Å². The summed E-state index contributed by atoms with van der Waals surface area (Å²) in [5.41, 5.74) is 1.67. The number of anilines is 1. The third-order valence-corrected chi connectivity index (χ3v) is 5.67. The second kappa shape index (κ2) is 8.00. The first kappa shape index (κ1) is 19.2. The van der Waals surface area contributed by atoms with Crippen LogP contribution in [0.25, 0.3) is 0 Å². The molecule has 27 heavy (non-hydrogen) atoms. The number of ether oxygens (including phenoxy) is 1. The fourth-order valence-corrected chi connectivity index (χ4v) is 4.00. The molecule has 1 aliphatic heterocycles. The van der Waals surface area contributed by atoms with Crippen molar-refractivity contribution < 1.29 is 17.9 Å². The minimum absolute atomic E-state index is 0.0346. The van der Waals surface area contributed by atoms with Gasteiger partial charge < -0.3 is 10.1 Å². The number of fused-ring (bicyclic) bond motifs is 1. The molecular weight excluding hydrogens is 364 g/mol. The number of rotatable bonds is 6. The van der Waals surface area contributed by atoms with Crippen LogP contribution in [-0.2, 0) is 21.2 Å². The van der Waals surface area contributed by atoms with Gasteiger partial charge in [-0.3, -0.25) is 9.10 Å². The number of aryl methyl sites for hydroxylation is 1. The van der Waals surface area contributed by atoms with E-state index in [0.29, 0.717) is 11.4 Å². The lowest BCUT2D eigenvalue weighted by atomic mass is 10.1. The van der Waals surface area contributed by atoms with Gasteiger partial charge in [-0.15, -0.1) is 0 Å². The minimum Gasteiger partial charge on any atom is -0.476 e. The lowest BCUT2D eigenvalue weighted by Crippen LogP contribution is -2.52. The van der Waals surface area contributed by atoms with Crippen molar-refractivity contribution in [3.8, 4) is 5.75 Å². The first-order valence-corrected chi connectivity index (χ1v) is 10.8. The molecule has 0 radical (unpaired) electrons. The molecule has 6 nitrogen and oxygen atoms in total. The molecule has 0 saturated heterocycles. The molecule has 2 atom stereocenters. The minimum atomic E-state index is -3.51. The summed E-state index contributed by atoms with van der Waals surface area (Å²) in [5, 5.41) is 2.94. The fraction of sp³-hybridized carbons (Fsp3) is 0.350. The highest BCUT2D eigenvalue weighted by Gasteiger charge is 2.35. The molecule has 0 aliphatic carbocycles. The standard InChI is InChI=1S/C20H24N2O4S/c1-15(12-13-16-8-4-3-5-9-16)21-20(23)19-14-22(27(2,24)25)17-10-6-7-11-18(17)26-19/h3-11,15,19H,12-14H2,1-2H3,(H,21,23)/t15-,19+/m0/s1. The van der Waals surface area contributed by atoms with Gasteiger partial charge in [0.15, 0.2) is 6.10 Å². The summed E-state index contributed by atoms with van der Waals surface area (Å²) in [6.07, 6.45) is 1.89. The molecule has 0 saturated carbocycles. The van der Waals surface area contributed by atoms with E-state index in [-0.39, 0.29) is 18.5 Å². The summed E-state index contributed by atoms with van der Waals surface area (Å²) in [7, 11) is -3.51. The van der Waals surface area contributed by atoms with E-state index in [2.05, 4.69) is 17.4 Å². The highest BCUT2D eigenvalue weighted by atomic mass is 32.2.